The van der Waals surface area contributed by atoms with Crippen LogP contribution in [0.5, 0.6) is 5.75 Å². The van der Waals surface area contributed by atoms with Crippen molar-refractivity contribution in [3.8, 4) is 5.75 Å². The molecule has 1 aliphatic heterocycles. The molecule has 1 heterocycles. The first-order chi connectivity index (χ1) is 12.4. The molecular weight excluding hydrogens is 334 g/mol. The summed E-state index contributed by atoms with van der Waals surface area (Å²) < 4.78 is 5.25. The van der Waals surface area contributed by atoms with Crippen LogP contribution in [0.4, 0.5) is 5.69 Å². The number of nitrogens with zero attached hydrogens (tertiary/aromatic N) is 1. The fraction of sp³-hybridized carbons (Fsp3) is 0.150. The van der Waals surface area contributed by atoms with Gasteiger partial charge in [-0.25, -0.2) is 4.90 Å². The van der Waals surface area contributed by atoms with Gasteiger partial charge in [0.1, 0.15) is 11.5 Å². The molecule has 0 radical (unpaired) electrons. The number of Topliss-reactive ketones (excluding diaryl/α,β-unsaturated/α-hetero) is 1. The summed E-state index contributed by atoms with van der Waals surface area (Å²) in [5, 5.41) is 10.8. The van der Waals surface area contributed by atoms with Crippen molar-refractivity contribution < 1.29 is 24.2 Å². The van der Waals surface area contributed by atoms with Crippen LogP contribution in [-0.2, 0) is 9.59 Å². The molecule has 0 bridgehead atoms. The summed E-state index contributed by atoms with van der Waals surface area (Å²) >= 11 is 0. The highest BCUT2D eigenvalue weighted by Crippen LogP contribution is 2.42. The van der Waals surface area contributed by atoms with Gasteiger partial charge in [0, 0.05) is 18.1 Å². The Hall–Kier alpha value is -3.41. The van der Waals surface area contributed by atoms with E-state index >= 15 is 0 Å². The van der Waals surface area contributed by atoms with Crippen LogP contribution in [0.15, 0.2) is 42.5 Å². The lowest BCUT2D eigenvalue weighted by Crippen LogP contribution is -2.31. The third-order valence-corrected chi connectivity index (χ3v) is 4.24. The number of ether oxygens (including phenoxy) is 1. The number of carbonyl (C=O) groups is 3. The molecule has 0 atom stereocenters. The fourth-order valence-corrected chi connectivity index (χ4v) is 3.00. The molecule has 2 aromatic rings. The van der Waals surface area contributed by atoms with E-state index in [9.17, 15) is 19.5 Å². The summed E-state index contributed by atoms with van der Waals surface area (Å²) in [4.78, 5) is 37.5. The van der Waals surface area contributed by atoms with E-state index in [2.05, 4.69) is 0 Å². The van der Waals surface area contributed by atoms with E-state index in [-0.39, 0.29) is 17.1 Å². The minimum atomic E-state index is -0.642. The summed E-state index contributed by atoms with van der Waals surface area (Å²) in [6.45, 7) is 2.67. The average Bonchev–Trinajstić information content (AvgIpc) is 2.92. The van der Waals surface area contributed by atoms with Crippen LogP contribution in [0.3, 0.4) is 0 Å². The fourth-order valence-electron chi connectivity index (χ4n) is 3.00. The Morgan fingerprint density at radius 2 is 1.77 bits per heavy atom. The van der Waals surface area contributed by atoms with Crippen molar-refractivity contribution in [2.45, 2.75) is 13.8 Å². The number of carbonyl (C=O) groups excluding carboxylic acids is 3. The Labute approximate surface area is 150 Å². The van der Waals surface area contributed by atoms with Crippen molar-refractivity contribution in [1.82, 2.24) is 0 Å². The largest absolute Gasteiger partial charge is 0.506 e. The maximum atomic E-state index is 12.9. The van der Waals surface area contributed by atoms with Crippen molar-refractivity contribution in [2.24, 2.45) is 0 Å². The predicted molar refractivity (Wildman–Crippen MR) is 97.1 cm³/mol. The van der Waals surface area contributed by atoms with Crippen LogP contribution >= 0.6 is 0 Å². The highest BCUT2D eigenvalue weighted by Gasteiger charge is 2.38. The van der Waals surface area contributed by atoms with Crippen LogP contribution in [0.2, 0.25) is 0 Å². The zero-order chi connectivity index (χ0) is 19.0. The molecule has 26 heavy (non-hydrogen) atoms. The topological polar surface area (TPSA) is 83.9 Å². The summed E-state index contributed by atoms with van der Waals surface area (Å²) in [6, 6.07) is 11.3. The molecule has 2 amide bonds. The molecule has 0 aliphatic carbocycles. The van der Waals surface area contributed by atoms with Crippen molar-refractivity contribution in [3.05, 3.63) is 59.2 Å². The van der Waals surface area contributed by atoms with E-state index in [0.717, 1.165) is 4.90 Å². The van der Waals surface area contributed by atoms with Crippen LogP contribution in [0.1, 0.15) is 35.3 Å². The number of anilines is 1. The number of amides is 2. The van der Waals surface area contributed by atoms with Gasteiger partial charge in [0.25, 0.3) is 5.91 Å². The molecule has 2 aromatic carbocycles. The van der Waals surface area contributed by atoms with Gasteiger partial charge >= 0.3 is 0 Å². The van der Waals surface area contributed by atoms with E-state index in [1.165, 1.54) is 33.1 Å². The molecule has 0 unspecified atom stereocenters. The first kappa shape index (κ1) is 17.4. The highest BCUT2D eigenvalue weighted by atomic mass is 16.5. The van der Waals surface area contributed by atoms with Crippen molar-refractivity contribution in [1.29, 1.82) is 0 Å². The Balaban J connectivity index is 2.31. The van der Waals surface area contributed by atoms with Gasteiger partial charge in [-0.3, -0.25) is 14.4 Å². The maximum absolute atomic E-state index is 12.9. The van der Waals surface area contributed by atoms with Crippen molar-refractivity contribution in [3.63, 3.8) is 0 Å². The van der Waals surface area contributed by atoms with Gasteiger partial charge in [0.05, 0.1) is 23.9 Å². The van der Waals surface area contributed by atoms with Crippen molar-refractivity contribution >= 4 is 34.6 Å². The summed E-state index contributed by atoms with van der Waals surface area (Å²) in [5.74, 6) is -1.22. The lowest BCUT2D eigenvalue weighted by molar-refractivity contribution is -0.122. The molecule has 0 saturated carbocycles. The van der Waals surface area contributed by atoms with Gasteiger partial charge in [0.15, 0.2) is 5.78 Å². The number of fused-ring (bicyclic) bond motifs is 1. The average molecular weight is 351 g/mol. The summed E-state index contributed by atoms with van der Waals surface area (Å²) in [7, 11) is 1.46. The number of rotatable bonds is 3. The van der Waals surface area contributed by atoms with E-state index in [0.29, 0.717) is 28.1 Å². The molecule has 0 saturated heterocycles. The number of para-hydroxylation sites is 1. The van der Waals surface area contributed by atoms with E-state index < -0.39 is 11.8 Å². The maximum Gasteiger partial charge on any atom is 0.269 e. The first-order valence-corrected chi connectivity index (χ1v) is 7.93. The van der Waals surface area contributed by atoms with Gasteiger partial charge in [0.2, 0.25) is 5.91 Å². The Morgan fingerprint density at radius 3 is 2.38 bits per heavy atom. The van der Waals surface area contributed by atoms with E-state index in [1.807, 2.05) is 0 Å². The normalized spacial score (nSPS) is 14.9. The number of imide groups is 1. The molecule has 0 aromatic heterocycles. The highest BCUT2D eigenvalue weighted by molar-refractivity contribution is 6.43. The van der Waals surface area contributed by atoms with E-state index in [1.54, 1.807) is 30.3 Å². The number of hydrogen-bond acceptors (Lipinski definition) is 5. The monoisotopic (exact) mass is 351 g/mol. The van der Waals surface area contributed by atoms with E-state index in [4.69, 9.17) is 4.74 Å². The van der Waals surface area contributed by atoms with Crippen LogP contribution in [0, 0.1) is 0 Å². The molecule has 6 nitrogen and oxygen atoms in total. The lowest BCUT2D eigenvalue weighted by Gasteiger charge is -2.12. The number of aliphatic hydroxyl groups is 1. The second-order valence-electron chi connectivity index (χ2n) is 5.87. The Morgan fingerprint density at radius 1 is 1.08 bits per heavy atom. The summed E-state index contributed by atoms with van der Waals surface area (Å²) in [6.07, 6.45) is 0. The Bertz CT molecular complexity index is 974. The molecule has 0 spiro atoms. The van der Waals surface area contributed by atoms with Gasteiger partial charge in [-0.1, -0.05) is 12.1 Å². The molecule has 1 aliphatic rings. The summed E-state index contributed by atoms with van der Waals surface area (Å²) in [5.41, 5.74) is 1.34. The van der Waals surface area contributed by atoms with Crippen molar-refractivity contribution in [2.75, 3.05) is 12.0 Å². The molecule has 1 N–H and O–H groups in total. The zero-order valence-corrected chi connectivity index (χ0v) is 14.6. The smallest absolute Gasteiger partial charge is 0.269 e. The number of methoxy groups -OCH3 is 1. The van der Waals surface area contributed by atoms with Gasteiger partial charge in [-0.15, -0.1) is 0 Å². The van der Waals surface area contributed by atoms with Gasteiger partial charge in [-0.05, 0) is 37.3 Å². The molecular formula is C20H17NO5. The quantitative estimate of drug-likeness (QED) is 0.521. The standard InChI is InChI=1S/C20H17NO5/c1-11(22)13-8-9-16-15(10-13)18(20(25)21(16)12(2)23)19(24)14-6-4-5-7-17(14)26-3/h4-10,24H,1-3H3. The second kappa shape index (κ2) is 6.48. The Kier molecular flexibility index (Phi) is 4.34. The zero-order valence-electron chi connectivity index (χ0n) is 14.6. The minimum Gasteiger partial charge on any atom is -0.506 e. The van der Waals surface area contributed by atoms with Gasteiger partial charge in [-0.2, -0.15) is 0 Å². The number of aliphatic hydroxyl groups excluding tert-OH is 1. The molecule has 0 fully saturated rings. The third-order valence-electron chi connectivity index (χ3n) is 4.24. The molecule has 132 valence electrons. The van der Waals surface area contributed by atoms with Crippen LogP contribution < -0.4 is 9.64 Å². The number of benzene rings is 2. The van der Waals surface area contributed by atoms with Crippen LogP contribution in [-0.4, -0.2) is 29.8 Å². The lowest BCUT2D eigenvalue weighted by atomic mass is 9.99. The number of ketones is 1. The van der Waals surface area contributed by atoms with Gasteiger partial charge < -0.3 is 9.84 Å². The molecule has 6 heteroatoms. The minimum absolute atomic E-state index is 0.0391. The predicted octanol–water partition coefficient (Wildman–Crippen LogP) is 3.22. The number of hydrogen-bond donors (Lipinski definition) is 1. The first-order valence-electron chi connectivity index (χ1n) is 7.93. The van der Waals surface area contributed by atoms with Crippen LogP contribution in [0.25, 0.3) is 11.3 Å². The molecule has 3 rings (SSSR count). The second-order valence-corrected chi connectivity index (χ2v) is 5.87. The SMILES string of the molecule is COc1ccccc1C(O)=C1C(=O)N(C(C)=O)c2ccc(C(C)=O)cc21. The third kappa shape index (κ3) is 2.65.